The van der Waals surface area contributed by atoms with Crippen molar-refractivity contribution in [3.63, 3.8) is 0 Å². The van der Waals surface area contributed by atoms with Crippen LogP contribution in [-0.2, 0) is 11.2 Å². The molecule has 2 aromatic carbocycles. The number of halogens is 1. The first kappa shape index (κ1) is 26.9. The number of amides is 2. The van der Waals surface area contributed by atoms with Gasteiger partial charge in [-0.15, -0.1) is 11.3 Å². The quantitative estimate of drug-likeness (QED) is 0.358. The monoisotopic (exact) mass is 522 g/mol. The van der Waals surface area contributed by atoms with Crippen LogP contribution < -0.4 is 4.74 Å². The maximum atomic E-state index is 13.7. The van der Waals surface area contributed by atoms with Crippen molar-refractivity contribution in [3.05, 3.63) is 87.4 Å². The Hall–Kier alpha value is -3.19. The number of ether oxygens (including phenoxy) is 1. The summed E-state index contributed by atoms with van der Waals surface area (Å²) in [6, 6.07) is 15.4. The number of hydrogen-bond acceptors (Lipinski definition) is 4. The van der Waals surface area contributed by atoms with Crippen LogP contribution in [0.4, 0.5) is 4.39 Å². The minimum Gasteiger partial charge on any atom is -0.491 e. The standard InChI is InChI=1S/C30H35FN2O3S/c1-20(2)21-8-12-24(13-9-21)36-19-26-25-15-17-37-27(25)14-16-32(26)28(34)18-33(30(3,4)5)29(35)22-6-10-23(31)11-7-22/h6-13,15,17,20,26H,14,16,18-19H2,1-5H3. The largest absolute Gasteiger partial charge is 0.491 e. The summed E-state index contributed by atoms with van der Waals surface area (Å²) in [5.41, 5.74) is 2.10. The van der Waals surface area contributed by atoms with Gasteiger partial charge in [-0.25, -0.2) is 4.39 Å². The third kappa shape index (κ3) is 6.21. The number of fused-ring (bicyclic) bond motifs is 1. The number of hydrogen-bond donors (Lipinski definition) is 0. The van der Waals surface area contributed by atoms with Gasteiger partial charge < -0.3 is 14.5 Å². The molecule has 0 saturated heterocycles. The van der Waals surface area contributed by atoms with E-state index in [9.17, 15) is 14.0 Å². The summed E-state index contributed by atoms with van der Waals surface area (Å²) in [4.78, 5) is 31.8. The molecule has 5 nitrogen and oxygen atoms in total. The van der Waals surface area contributed by atoms with Gasteiger partial charge in [-0.05, 0) is 92.1 Å². The summed E-state index contributed by atoms with van der Waals surface area (Å²) in [7, 11) is 0. The second kappa shape index (κ2) is 11.1. The van der Waals surface area contributed by atoms with Crippen molar-refractivity contribution >= 4 is 23.2 Å². The van der Waals surface area contributed by atoms with E-state index in [1.165, 1.54) is 34.7 Å². The second-order valence-electron chi connectivity index (χ2n) is 10.8. The molecule has 0 saturated carbocycles. The topological polar surface area (TPSA) is 49.9 Å². The Morgan fingerprint density at radius 2 is 1.76 bits per heavy atom. The molecule has 2 heterocycles. The van der Waals surface area contributed by atoms with Crippen molar-refractivity contribution in [2.45, 2.75) is 58.5 Å². The Morgan fingerprint density at radius 3 is 2.38 bits per heavy atom. The molecule has 1 atom stereocenters. The lowest BCUT2D eigenvalue weighted by Crippen LogP contribution is -2.53. The zero-order chi connectivity index (χ0) is 26.7. The molecule has 0 radical (unpaired) electrons. The van der Waals surface area contributed by atoms with Gasteiger partial charge in [-0.3, -0.25) is 9.59 Å². The van der Waals surface area contributed by atoms with Gasteiger partial charge in [-0.2, -0.15) is 0 Å². The summed E-state index contributed by atoms with van der Waals surface area (Å²) in [5, 5.41) is 2.06. The minimum atomic E-state index is -0.603. The molecule has 37 heavy (non-hydrogen) atoms. The van der Waals surface area contributed by atoms with E-state index in [1.54, 1.807) is 16.2 Å². The van der Waals surface area contributed by atoms with E-state index in [4.69, 9.17) is 4.74 Å². The predicted octanol–water partition coefficient (Wildman–Crippen LogP) is 6.46. The van der Waals surface area contributed by atoms with Crippen molar-refractivity contribution in [2.75, 3.05) is 19.7 Å². The summed E-state index contributed by atoms with van der Waals surface area (Å²) in [5.74, 6) is 0.369. The Labute approximate surface area is 222 Å². The van der Waals surface area contributed by atoms with E-state index in [2.05, 4.69) is 37.4 Å². The first-order valence-electron chi connectivity index (χ1n) is 12.7. The van der Waals surface area contributed by atoms with Gasteiger partial charge in [0, 0.05) is 22.5 Å². The predicted molar refractivity (Wildman–Crippen MR) is 146 cm³/mol. The van der Waals surface area contributed by atoms with Gasteiger partial charge in [0.2, 0.25) is 5.91 Å². The van der Waals surface area contributed by atoms with Crippen LogP contribution >= 0.6 is 11.3 Å². The molecule has 0 N–H and O–H groups in total. The molecule has 196 valence electrons. The van der Waals surface area contributed by atoms with E-state index in [-0.39, 0.29) is 24.4 Å². The summed E-state index contributed by atoms with van der Waals surface area (Å²) < 4.78 is 19.6. The van der Waals surface area contributed by atoms with Crippen molar-refractivity contribution in [1.82, 2.24) is 9.80 Å². The first-order valence-corrected chi connectivity index (χ1v) is 13.6. The van der Waals surface area contributed by atoms with E-state index in [1.807, 2.05) is 37.8 Å². The highest BCUT2D eigenvalue weighted by Gasteiger charge is 2.36. The van der Waals surface area contributed by atoms with Gasteiger partial charge in [0.25, 0.3) is 5.91 Å². The lowest BCUT2D eigenvalue weighted by atomic mass is 9.99. The Morgan fingerprint density at radius 1 is 1.08 bits per heavy atom. The van der Waals surface area contributed by atoms with Gasteiger partial charge in [0.05, 0.1) is 6.04 Å². The molecule has 7 heteroatoms. The van der Waals surface area contributed by atoms with Crippen LogP contribution in [0.2, 0.25) is 0 Å². The molecule has 4 rings (SSSR count). The maximum Gasteiger partial charge on any atom is 0.254 e. The van der Waals surface area contributed by atoms with Crippen molar-refractivity contribution in [1.29, 1.82) is 0 Å². The molecular weight excluding hydrogens is 487 g/mol. The highest BCUT2D eigenvalue weighted by molar-refractivity contribution is 7.10. The number of benzene rings is 2. The summed E-state index contributed by atoms with van der Waals surface area (Å²) in [6.45, 7) is 10.8. The fraction of sp³-hybridized carbons (Fsp3) is 0.400. The second-order valence-corrected chi connectivity index (χ2v) is 11.8. The average Bonchev–Trinajstić information content (AvgIpc) is 3.34. The van der Waals surface area contributed by atoms with Gasteiger partial charge >= 0.3 is 0 Å². The maximum absolute atomic E-state index is 13.7. The SMILES string of the molecule is CC(C)c1ccc(OCC2c3ccsc3CCN2C(=O)CN(C(=O)c2ccc(F)cc2)C(C)(C)C)cc1. The number of carbonyl (C=O) groups is 2. The molecule has 1 unspecified atom stereocenters. The molecule has 1 aliphatic heterocycles. The smallest absolute Gasteiger partial charge is 0.254 e. The highest BCUT2D eigenvalue weighted by atomic mass is 32.1. The highest BCUT2D eigenvalue weighted by Crippen LogP contribution is 2.34. The number of carbonyl (C=O) groups excluding carboxylic acids is 2. The summed E-state index contributed by atoms with van der Waals surface area (Å²) >= 11 is 1.70. The van der Waals surface area contributed by atoms with Crippen molar-refractivity contribution < 1.29 is 18.7 Å². The van der Waals surface area contributed by atoms with Crippen LogP contribution in [0.5, 0.6) is 5.75 Å². The van der Waals surface area contributed by atoms with E-state index in [0.29, 0.717) is 24.6 Å². The zero-order valence-electron chi connectivity index (χ0n) is 22.2. The van der Waals surface area contributed by atoms with E-state index in [0.717, 1.165) is 17.7 Å². The van der Waals surface area contributed by atoms with Crippen LogP contribution in [0, 0.1) is 5.82 Å². The average molecular weight is 523 g/mol. The molecule has 1 aliphatic rings. The van der Waals surface area contributed by atoms with Gasteiger partial charge in [0.1, 0.15) is 24.7 Å². The molecule has 0 fully saturated rings. The minimum absolute atomic E-state index is 0.0707. The molecule has 2 amide bonds. The zero-order valence-corrected chi connectivity index (χ0v) is 23.0. The van der Waals surface area contributed by atoms with E-state index >= 15 is 0 Å². The van der Waals surface area contributed by atoms with Crippen LogP contribution in [0.25, 0.3) is 0 Å². The number of rotatable bonds is 7. The third-order valence-corrected chi connectivity index (χ3v) is 7.81. The number of nitrogens with zero attached hydrogens (tertiary/aromatic N) is 2. The van der Waals surface area contributed by atoms with Crippen LogP contribution in [-0.4, -0.2) is 46.8 Å². The molecule has 0 bridgehead atoms. The van der Waals surface area contributed by atoms with E-state index < -0.39 is 11.4 Å². The van der Waals surface area contributed by atoms with Gasteiger partial charge in [0.15, 0.2) is 0 Å². The first-order chi connectivity index (χ1) is 17.5. The molecule has 3 aromatic rings. The molecule has 1 aromatic heterocycles. The van der Waals surface area contributed by atoms with Crippen molar-refractivity contribution in [3.8, 4) is 5.75 Å². The fourth-order valence-electron chi connectivity index (χ4n) is 4.59. The van der Waals surface area contributed by atoms with Crippen molar-refractivity contribution in [2.24, 2.45) is 0 Å². The Balaban J connectivity index is 1.54. The number of thiophene rings is 1. The van der Waals surface area contributed by atoms with Crippen LogP contribution in [0.1, 0.15) is 72.9 Å². The molecule has 0 spiro atoms. The molecule has 0 aliphatic carbocycles. The summed E-state index contributed by atoms with van der Waals surface area (Å²) in [6.07, 6.45) is 0.778. The third-order valence-electron chi connectivity index (χ3n) is 6.81. The Kier molecular flexibility index (Phi) is 8.02. The van der Waals surface area contributed by atoms with Gasteiger partial charge in [-0.1, -0.05) is 26.0 Å². The normalized spacial score (nSPS) is 15.4. The lowest BCUT2D eigenvalue weighted by Gasteiger charge is -2.40. The lowest BCUT2D eigenvalue weighted by molar-refractivity contribution is -0.136. The van der Waals surface area contributed by atoms with Crippen LogP contribution in [0.15, 0.2) is 60.0 Å². The fourth-order valence-corrected chi connectivity index (χ4v) is 5.51. The van der Waals surface area contributed by atoms with Crippen LogP contribution in [0.3, 0.4) is 0 Å². The Bertz CT molecular complexity index is 1230. The molecular formula is C30H35FN2O3S.